The van der Waals surface area contributed by atoms with Gasteiger partial charge in [-0.05, 0) is 54.8 Å². The van der Waals surface area contributed by atoms with Gasteiger partial charge in [-0.1, -0.05) is 26.0 Å². The van der Waals surface area contributed by atoms with Gasteiger partial charge in [0, 0.05) is 12.7 Å². The second-order valence-corrected chi connectivity index (χ2v) is 6.01. The second kappa shape index (κ2) is 7.73. The first-order valence-corrected chi connectivity index (χ1v) is 7.96. The smallest absolute Gasteiger partial charge is 0.324 e. The van der Waals surface area contributed by atoms with E-state index in [2.05, 4.69) is 19.2 Å². The maximum atomic E-state index is 12.2. The highest BCUT2D eigenvalue weighted by molar-refractivity contribution is 5.91. The van der Waals surface area contributed by atoms with Crippen LogP contribution in [0.25, 0.3) is 0 Å². The normalized spacial score (nSPS) is 11.9. The number of nitrogens with one attached hydrogen (secondary N) is 1. The SMILES string of the molecule is CC(NC(=O)N(C)c1ccc(O)cc1)Oc1ccc(C(C)C)cc1. The number of urea groups is 1. The van der Waals surface area contributed by atoms with Crippen molar-refractivity contribution in [1.29, 1.82) is 0 Å². The van der Waals surface area contributed by atoms with Gasteiger partial charge < -0.3 is 15.2 Å². The third-order valence-electron chi connectivity index (χ3n) is 3.73. The summed E-state index contributed by atoms with van der Waals surface area (Å²) in [5.41, 5.74) is 1.92. The average molecular weight is 328 g/mol. The lowest BCUT2D eigenvalue weighted by Crippen LogP contribution is -2.44. The number of benzene rings is 2. The summed E-state index contributed by atoms with van der Waals surface area (Å²) in [6.07, 6.45) is -0.470. The first-order valence-electron chi connectivity index (χ1n) is 7.96. The van der Waals surface area contributed by atoms with Gasteiger partial charge in [0.25, 0.3) is 0 Å². The van der Waals surface area contributed by atoms with Crippen LogP contribution in [-0.2, 0) is 0 Å². The molecule has 0 aliphatic heterocycles. The van der Waals surface area contributed by atoms with Crippen molar-refractivity contribution in [1.82, 2.24) is 5.32 Å². The molecule has 2 aromatic rings. The summed E-state index contributed by atoms with van der Waals surface area (Å²) in [5.74, 6) is 1.34. The van der Waals surface area contributed by atoms with E-state index in [1.807, 2.05) is 24.3 Å². The van der Waals surface area contributed by atoms with E-state index in [0.717, 1.165) is 0 Å². The molecule has 2 N–H and O–H groups in total. The lowest BCUT2D eigenvalue weighted by molar-refractivity contribution is 0.180. The van der Waals surface area contributed by atoms with Crippen molar-refractivity contribution in [2.75, 3.05) is 11.9 Å². The lowest BCUT2D eigenvalue weighted by atomic mass is 10.0. The van der Waals surface area contributed by atoms with Crippen molar-refractivity contribution in [3.05, 3.63) is 54.1 Å². The van der Waals surface area contributed by atoms with Gasteiger partial charge in [-0.15, -0.1) is 0 Å². The molecule has 0 aromatic heterocycles. The van der Waals surface area contributed by atoms with Crippen LogP contribution in [0.1, 0.15) is 32.3 Å². The highest BCUT2D eigenvalue weighted by atomic mass is 16.5. The second-order valence-electron chi connectivity index (χ2n) is 6.01. The number of hydrogen-bond acceptors (Lipinski definition) is 3. The molecule has 0 bridgehead atoms. The van der Waals surface area contributed by atoms with Gasteiger partial charge in [-0.25, -0.2) is 4.79 Å². The zero-order valence-corrected chi connectivity index (χ0v) is 14.5. The highest BCUT2D eigenvalue weighted by Crippen LogP contribution is 2.20. The summed E-state index contributed by atoms with van der Waals surface area (Å²) in [4.78, 5) is 13.7. The maximum absolute atomic E-state index is 12.2. The molecule has 0 heterocycles. The summed E-state index contributed by atoms with van der Waals surface area (Å²) in [6.45, 7) is 6.05. The Kier molecular flexibility index (Phi) is 5.68. The van der Waals surface area contributed by atoms with Crippen molar-refractivity contribution in [3.63, 3.8) is 0 Å². The van der Waals surface area contributed by atoms with E-state index in [0.29, 0.717) is 17.4 Å². The molecule has 2 rings (SSSR count). The minimum Gasteiger partial charge on any atom is -0.508 e. The zero-order chi connectivity index (χ0) is 17.7. The third-order valence-corrected chi connectivity index (χ3v) is 3.73. The maximum Gasteiger partial charge on any atom is 0.324 e. The van der Waals surface area contributed by atoms with E-state index < -0.39 is 6.23 Å². The summed E-state index contributed by atoms with van der Waals surface area (Å²) in [5, 5.41) is 12.1. The molecule has 1 unspecified atom stereocenters. The molecule has 5 heteroatoms. The number of amides is 2. The molecule has 24 heavy (non-hydrogen) atoms. The van der Waals surface area contributed by atoms with E-state index >= 15 is 0 Å². The van der Waals surface area contributed by atoms with E-state index in [1.54, 1.807) is 26.1 Å². The Morgan fingerprint density at radius 1 is 1.04 bits per heavy atom. The van der Waals surface area contributed by atoms with Crippen LogP contribution in [0.5, 0.6) is 11.5 Å². The fraction of sp³-hybridized carbons (Fsp3) is 0.316. The fourth-order valence-electron chi connectivity index (χ4n) is 2.23. The van der Waals surface area contributed by atoms with E-state index in [-0.39, 0.29) is 11.8 Å². The largest absolute Gasteiger partial charge is 0.508 e. The lowest BCUT2D eigenvalue weighted by Gasteiger charge is -2.22. The van der Waals surface area contributed by atoms with Crippen molar-refractivity contribution in [3.8, 4) is 11.5 Å². The average Bonchev–Trinajstić information content (AvgIpc) is 2.55. The van der Waals surface area contributed by atoms with Crippen LogP contribution in [-0.4, -0.2) is 24.4 Å². The number of hydrogen-bond donors (Lipinski definition) is 2. The summed E-state index contributed by atoms with van der Waals surface area (Å²) in [7, 11) is 1.66. The van der Waals surface area contributed by atoms with Gasteiger partial charge in [-0.3, -0.25) is 4.90 Å². The topological polar surface area (TPSA) is 61.8 Å². The third kappa shape index (κ3) is 4.65. The van der Waals surface area contributed by atoms with E-state index in [4.69, 9.17) is 4.74 Å². The molecule has 0 aliphatic rings. The minimum atomic E-state index is -0.470. The predicted octanol–water partition coefficient (Wildman–Crippen LogP) is 4.09. The number of anilines is 1. The molecule has 2 amide bonds. The Morgan fingerprint density at radius 3 is 2.17 bits per heavy atom. The Labute approximate surface area is 142 Å². The Balaban J connectivity index is 1.92. The Bertz CT molecular complexity index is 666. The number of phenolic OH excluding ortho intramolecular Hbond substituents is 1. The molecular formula is C19H24N2O3. The number of nitrogens with zero attached hydrogens (tertiary/aromatic N) is 1. The van der Waals surface area contributed by atoms with Crippen LogP contribution >= 0.6 is 0 Å². The first kappa shape index (κ1) is 17.7. The number of carbonyl (C=O) groups is 1. The number of carbonyl (C=O) groups excluding carboxylic acids is 1. The summed E-state index contributed by atoms with van der Waals surface area (Å²) < 4.78 is 5.73. The predicted molar refractivity (Wildman–Crippen MR) is 95.7 cm³/mol. The number of aromatic hydroxyl groups is 1. The summed E-state index contributed by atoms with van der Waals surface area (Å²) >= 11 is 0. The van der Waals surface area contributed by atoms with Crippen LogP contribution < -0.4 is 15.0 Å². The molecular weight excluding hydrogens is 304 g/mol. The highest BCUT2D eigenvalue weighted by Gasteiger charge is 2.14. The molecule has 0 saturated heterocycles. The van der Waals surface area contributed by atoms with Crippen molar-refractivity contribution >= 4 is 11.7 Å². The monoisotopic (exact) mass is 328 g/mol. The number of rotatable bonds is 5. The van der Waals surface area contributed by atoms with Crippen LogP contribution in [0.3, 0.4) is 0 Å². The van der Waals surface area contributed by atoms with Gasteiger partial charge >= 0.3 is 6.03 Å². The van der Waals surface area contributed by atoms with E-state index in [9.17, 15) is 9.90 Å². The number of ether oxygens (including phenoxy) is 1. The quantitative estimate of drug-likeness (QED) is 0.813. The van der Waals surface area contributed by atoms with Crippen molar-refractivity contribution in [2.45, 2.75) is 32.9 Å². The van der Waals surface area contributed by atoms with Gasteiger partial charge in [0.2, 0.25) is 0 Å². The van der Waals surface area contributed by atoms with E-state index in [1.165, 1.54) is 22.6 Å². The molecule has 0 spiro atoms. The molecule has 0 radical (unpaired) electrons. The molecule has 0 aliphatic carbocycles. The Hall–Kier alpha value is -2.69. The molecule has 128 valence electrons. The van der Waals surface area contributed by atoms with Gasteiger partial charge in [0.05, 0.1) is 0 Å². The molecule has 0 fully saturated rings. The standard InChI is InChI=1S/C19H24N2O3/c1-13(2)15-5-11-18(12-6-15)24-14(3)20-19(23)21(4)16-7-9-17(22)10-8-16/h5-14,22H,1-4H3,(H,20,23). The number of phenols is 1. The van der Waals surface area contributed by atoms with Crippen LogP contribution in [0.4, 0.5) is 10.5 Å². The molecule has 2 aromatic carbocycles. The first-order chi connectivity index (χ1) is 11.4. The zero-order valence-electron chi connectivity index (χ0n) is 14.5. The Morgan fingerprint density at radius 2 is 1.62 bits per heavy atom. The van der Waals surface area contributed by atoms with Crippen LogP contribution in [0.15, 0.2) is 48.5 Å². The van der Waals surface area contributed by atoms with Gasteiger partial charge in [0.1, 0.15) is 11.5 Å². The fourth-order valence-corrected chi connectivity index (χ4v) is 2.23. The minimum absolute atomic E-state index is 0.161. The van der Waals surface area contributed by atoms with Crippen molar-refractivity contribution in [2.24, 2.45) is 0 Å². The van der Waals surface area contributed by atoms with Gasteiger partial charge in [-0.2, -0.15) is 0 Å². The van der Waals surface area contributed by atoms with Crippen molar-refractivity contribution < 1.29 is 14.6 Å². The van der Waals surface area contributed by atoms with Crippen LogP contribution in [0, 0.1) is 0 Å². The molecule has 1 atom stereocenters. The van der Waals surface area contributed by atoms with Gasteiger partial charge in [0.15, 0.2) is 6.23 Å². The summed E-state index contributed by atoms with van der Waals surface area (Å²) in [6, 6.07) is 14.0. The van der Waals surface area contributed by atoms with Crippen LogP contribution in [0.2, 0.25) is 0 Å². The molecule has 0 saturated carbocycles. The molecule has 5 nitrogen and oxygen atoms in total.